The molecule has 2 fully saturated rings. The number of hydrogen-bond donors (Lipinski definition) is 6. The van der Waals surface area contributed by atoms with Gasteiger partial charge in [-0.05, 0) is 97.1 Å². The number of Topliss-reactive ketones (excluding diaryl/α,β-unsaturated/α-hetero) is 2. The molecule has 0 bridgehead atoms. The number of likely N-dealkylation sites (tertiary alicyclic amines) is 2. The summed E-state index contributed by atoms with van der Waals surface area (Å²) in [5.74, 6) is -8.12. The third-order valence-electron chi connectivity index (χ3n) is 19.0. The Morgan fingerprint density at radius 2 is 1.37 bits per heavy atom. The first kappa shape index (κ1) is 84.0. The van der Waals surface area contributed by atoms with Crippen LogP contribution in [0.25, 0.3) is 0 Å². The SMILES string of the molecule is CC[C@H](C)C([C@@H](CC(=O)N1CCC[C@H]1[C@H](OC)[C@@H](C)C(=O)C[C@@H](Cc1ccccc1)C(=O)O)OC)N(C)C(=O)[C@@H](NC(=O)[C@H](C(C)C)N(C)C(=O)OCc1ccc(NC(=O)[C@H](CCCNC(N)=O)CC(=O)[C@@H](NC(=O)CCCCCN2C(=O)CC(SC(C)C)C2=O)C(C)C)cc1)C(C)C. The smallest absolute Gasteiger partial charge is 0.410 e. The molecule has 2 aromatic carbocycles. The van der Waals surface area contributed by atoms with Crippen LogP contribution in [0, 0.1) is 41.4 Å². The van der Waals surface area contributed by atoms with Crippen molar-refractivity contribution in [3.8, 4) is 0 Å². The van der Waals surface area contributed by atoms with Crippen molar-refractivity contribution in [2.75, 3.05) is 53.3 Å². The van der Waals surface area contributed by atoms with Crippen LogP contribution in [-0.2, 0) is 75.2 Å². The van der Waals surface area contributed by atoms with E-state index in [1.807, 2.05) is 58.0 Å². The minimum atomic E-state index is -1.09. The number of nitrogens with zero attached hydrogens (tertiary/aromatic N) is 4. The molecule has 4 rings (SSSR count). The normalized spacial score (nSPS) is 17.8. The Labute approximate surface area is 590 Å². The van der Waals surface area contributed by atoms with Crippen molar-refractivity contribution in [2.45, 2.75) is 226 Å². The Kier molecular flexibility index (Phi) is 35.1. The van der Waals surface area contributed by atoms with Gasteiger partial charge < -0.3 is 56.1 Å². The number of rotatable bonds is 43. The lowest BCUT2D eigenvalue weighted by molar-refractivity contribution is -0.148. The lowest BCUT2D eigenvalue weighted by Gasteiger charge is -2.41. The van der Waals surface area contributed by atoms with Crippen LogP contribution in [0.3, 0.4) is 0 Å². The summed E-state index contributed by atoms with van der Waals surface area (Å²) in [7, 11) is 6.03. The maximum Gasteiger partial charge on any atom is 0.410 e. The van der Waals surface area contributed by atoms with E-state index >= 15 is 0 Å². The van der Waals surface area contributed by atoms with Crippen LogP contribution in [0.15, 0.2) is 54.6 Å². The summed E-state index contributed by atoms with van der Waals surface area (Å²) in [4.78, 5) is 167. The van der Waals surface area contributed by atoms with E-state index in [1.54, 1.807) is 84.7 Å². The van der Waals surface area contributed by atoms with Gasteiger partial charge in [-0.3, -0.25) is 57.7 Å². The van der Waals surface area contributed by atoms with Crippen molar-refractivity contribution >= 4 is 88.5 Å². The van der Waals surface area contributed by atoms with Gasteiger partial charge in [-0.25, -0.2) is 9.59 Å². The molecule has 0 radical (unpaired) electrons. The molecular formula is C73H113N9O16S. The number of nitrogens with two attached hydrogens (primary N) is 1. The second-order valence-electron chi connectivity index (χ2n) is 27.9. The number of likely N-dealkylation sites (N-methyl/N-ethyl adjacent to an activating group) is 2. The Morgan fingerprint density at radius 1 is 0.727 bits per heavy atom. The number of methoxy groups -OCH3 is 2. The summed E-state index contributed by atoms with van der Waals surface area (Å²) < 4.78 is 17.8. The molecule has 2 heterocycles. The molecule has 10 amide bonds. The number of imide groups is 1. The van der Waals surface area contributed by atoms with Gasteiger partial charge in [-0.1, -0.05) is 131 Å². The molecule has 7 N–H and O–H groups in total. The van der Waals surface area contributed by atoms with E-state index in [0.29, 0.717) is 62.7 Å². The Hall–Kier alpha value is -7.45. The van der Waals surface area contributed by atoms with Crippen LogP contribution in [0.4, 0.5) is 15.3 Å². The first-order chi connectivity index (χ1) is 46.8. The predicted molar refractivity (Wildman–Crippen MR) is 378 cm³/mol. The number of anilines is 1. The van der Waals surface area contributed by atoms with Crippen molar-refractivity contribution in [1.82, 2.24) is 35.6 Å². The van der Waals surface area contributed by atoms with E-state index in [1.165, 1.54) is 47.7 Å². The number of benzene rings is 2. The summed E-state index contributed by atoms with van der Waals surface area (Å²) in [5.41, 5.74) is 6.99. The van der Waals surface area contributed by atoms with E-state index in [-0.39, 0.29) is 122 Å². The number of carbonyl (C=O) groups is 12. The van der Waals surface area contributed by atoms with Gasteiger partial charge in [0, 0.05) is 91.2 Å². The van der Waals surface area contributed by atoms with Crippen LogP contribution in [-0.4, -0.2) is 197 Å². The number of carboxylic acids is 1. The van der Waals surface area contributed by atoms with Crippen LogP contribution >= 0.6 is 11.8 Å². The van der Waals surface area contributed by atoms with Gasteiger partial charge in [0.05, 0.1) is 47.9 Å². The zero-order valence-electron chi connectivity index (χ0n) is 61.0. The summed E-state index contributed by atoms with van der Waals surface area (Å²) in [5, 5.41) is 21.1. The minimum absolute atomic E-state index is 0.118. The van der Waals surface area contributed by atoms with E-state index in [9.17, 15) is 62.6 Å². The zero-order chi connectivity index (χ0) is 74.0. The standard InChI is InChI=1S/C73H113N9O16S/c1-16-47(10)65(57(96-14)40-60(86)81-36-24-28-54(81)66(97-15)48(11)55(83)39-52(71(92)93)37-49-25-19-17-20-26-49)79(12)70(91)63(44(4)5)78-68(89)64(45(6)7)80(13)73(95)98-42-50-30-32-53(33-31-50)76-67(88)51(27-23-34-75-72(74)94)38-56(84)62(43(2)3)77-59(85)29-21-18-22-35-82-61(87)41-58(69(82)90)99-46(8)9/h17,19-20,25-26,30-33,43-48,51-52,54,57-58,62-66H,16,18,21-24,27-29,34-42H2,1-15H3,(H,76,88)(H,77,85)(H,78,89)(H,92,93)(H3,74,75,94)/t47-,48-,51+,52+,54-,57+,58?,62-,63-,64-,65?,66+/m0/s1. The van der Waals surface area contributed by atoms with Crippen molar-refractivity contribution in [3.05, 3.63) is 65.7 Å². The van der Waals surface area contributed by atoms with Crippen LogP contribution < -0.4 is 27.0 Å². The molecule has 26 heteroatoms. The molecule has 2 aromatic rings. The van der Waals surface area contributed by atoms with E-state index in [2.05, 4.69) is 21.3 Å². The number of hydrogen-bond acceptors (Lipinski definition) is 16. The number of aliphatic carboxylic acids is 1. The number of nitrogens with one attached hydrogen (secondary N) is 4. The van der Waals surface area contributed by atoms with Crippen molar-refractivity contribution in [3.63, 3.8) is 0 Å². The fourth-order valence-electron chi connectivity index (χ4n) is 13.3. The maximum atomic E-state index is 14.8. The first-order valence-corrected chi connectivity index (χ1v) is 36.1. The molecule has 2 unspecified atom stereocenters. The minimum Gasteiger partial charge on any atom is -0.481 e. The fourth-order valence-corrected chi connectivity index (χ4v) is 14.4. The van der Waals surface area contributed by atoms with Crippen molar-refractivity contribution < 1.29 is 76.9 Å². The lowest BCUT2D eigenvalue weighted by Crippen LogP contribution is -2.60. The molecule has 12 atom stereocenters. The monoisotopic (exact) mass is 1400 g/mol. The van der Waals surface area contributed by atoms with E-state index < -0.39 is 108 Å². The number of thioether (sulfide) groups is 1. The number of ether oxygens (including phenoxy) is 3. The molecule has 99 heavy (non-hydrogen) atoms. The molecule has 25 nitrogen and oxygen atoms in total. The highest BCUT2D eigenvalue weighted by Crippen LogP contribution is 2.33. The summed E-state index contributed by atoms with van der Waals surface area (Å²) in [6.45, 7) is 20.9. The maximum absolute atomic E-state index is 14.8. The van der Waals surface area contributed by atoms with Gasteiger partial charge in [-0.15, -0.1) is 11.8 Å². The quantitative estimate of drug-likeness (QED) is 0.0269. The molecule has 2 aliphatic rings. The van der Waals surface area contributed by atoms with Gasteiger partial charge in [0.15, 0.2) is 5.78 Å². The highest BCUT2D eigenvalue weighted by Gasteiger charge is 2.45. The second-order valence-corrected chi connectivity index (χ2v) is 29.7. The van der Waals surface area contributed by atoms with Crippen LogP contribution in [0.1, 0.15) is 171 Å². The number of ketones is 2. The number of urea groups is 1. The van der Waals surface area contributed by atoms with Gasteiger partial charge in [0.1, 0.15) is 24.5 Å². The van der Waals surface area contributed by atoms with Crippen LogP contribution in [0.2, 0.25) is 0 Å². The highest BCUT2D eigenvalue weighted by atomic mass is 32.2. The highest BCUT2D eigenvalue weighted by molar-refractivity contribution is 8.01. The summed E-state index contributed by atoms with van der Waals surface area (Å²) in [6.07, 6.45) is 1.52. The molecule has 2 aliphatic heterocycles. The molecular weight excluding hydrogens is 1290 g/mol. The van der Waals surface area contributed by atoms with Crippen LogP contribution in [0.5, 0.6) is 0 Å². The number of carbonyl (C=O) groups excluding carboxylic acids is 11. The number of amides is 10. The first-order valence-electron chi connectivity index (χ1n) is 35.1. The molecule has 0 aliphatic carbocycles. The third-order valence-corrected chi connectivity index (χ3v) is 20.2. The Morgan fingerprint density at radius 3 is 1.95 bits per heavy atom. The van der Waals surface area contributed by atoms with Gasteiger partial charge in [0.2, 0.25) is 41.4 Å². The molecule has 0 saturated carbocycles. The Balaban J connectivity index is 1.37. The number of primary amides is 1. The molecule has 552 valence electrons. The topological polar surface area (TPSA) is 340 Å². The predicted octanol–water partition coefficient (Wildman–Crippen LogP) is 8.18. The second kappa shape index (κ2) is 41.3. The summed E-state index contributed by atoms with van der Waals surface area (Å²) >= 11 is 1.48. The van der Waals surface area contributed by atoms with Crippen molar-refractivity contribution in [1.29, 1.82) is 0 Å². The number of unbranched alkanes of at least 4 members (excludes halogenated alkanes) is 2. The summed E-state index contributed by atoms with van der Waals surface area (Å²) in [6, 6.07) is 10.7. The van der Waals surface area contributed by atoms with Gasteiger partial charge in [0.25, 0.3) is 0 Å². The van der Waals surface area contributed by atoms with E-state index in [4.69, 9.17) is 19.9 Å². The molecule has 0 spiro atoms. The lowest BCUT2D eigenvalue weighted by atomic mass is 9.85. The molecule has 2 saturated heterocycles. The zero-order valence-corrected chi connectivity index (χ0v) is 61.8. The van der Waals surface area contributed by atoms with Gasteiger partial charge >= 0.3 is 18.1 Å². The largest absolute Gasteiger partial charge is 0.481 e. The average molecular weight is 1400 g/mol. The average Bonchev–Trinajstić information content (AvgIpc) is 1.79. The fraction of sp³-hybridized carbons (Fsp3) is 0.671. The van der Waals surface area contributed by atoms with Gasteiger partial charge in [-0.2, -0.15) is 0 Å². The van der Waals surface area contributed by atoms with E-state index in [0.717, 1.165) is 5.56 Å². The third kappa shape index (κ3) is 25.6. The Bertz CT molecular complexity index is 3020. The molecule has 0 aromatic heterocycles. The number of carboxylic acid groups (broad SMARTS) is 1. The van der Waals surface area contributed by atoms with Crippen molar-refractivity contribution in [2.24, 2.45) is 47.2 Å².